The number of amides is 1. The van der Waals surface area contributed by atoms with Crippen LogP contribution in [-0.2, 0) is 0 Å². The Morgan fingerprint density at radius 2 is 2.00 bits per heavy atom. The molecule has 1 aromatic carbocycles. The Kier molecular flexibility index (Phi) is 5.20. The number of nitrogens with zero attached hydrogens (tertiary/aromatic N) is 2. The molecule has 2 aromatic rings. The number of pyridine rings is 1. The molecule has 2 heterocycles. The lowest BCUT2D eigenvalue weighted by Crippen LogP contribution is -2.35. The lowest BCUT2D eigenvalue weighted by atomic mass is 10.1. The summed E-state index contributed by atoms with van der Waals surface area (Å²) < 4.78 is 5.33. The zero-order chi connectivity index (χ0) is 16.9. The summed E-state index contributed by atoms with van der Waals surface area (Å²) in [6.45, 7) is 1.64. The summed E-state index contributed by atoms with van der Waals surface area (Å²) in [6, 6.07) is 7.14. The van der Waals surface area contributed by atoms with Gasteiger partial charge in [0.1, 0.15) is 5.75 Å². The van der Waals surface area contributed by atoms with Gasteiger partial charge in [0.05, 0.1) is 30.2 Å². The molecule has 0 unspecified atom stereocenters. The van der Waals surface area contributed by atoms with Crippen LogP contribution in [0.1, 0.15) is 29.6 Å². The standard InChI is InChI=1S/C18H20ClN3O2/c1-24-17-6-5-14(19)10-16(17)21-15-9-13(11-20-12-15)18(23)22-7-3-2-4-8-22/h5-6,9-12,21H,2-4,7-8H2,1H3. The average Bonchev–Trinajstić information content (AvgIpc) is 2.62. The maximum absolute atomic E-state index is 12.6. The number of piperidine rings is 1. The van der Waals surface area contributed by atoms with Crippen LogP contribution in [-0.4, -0.2) is 36.0 Å². The summed E-state index contributed by atoms with van der Waals surface area (Å²) in [4.78, 5) is 18.7. The molecule has 0 atom stereocenters. The van der Waals surface area contributed by atoms with Crippen LogP contribution in [0.5, 0.6) is 5.75 Å². The molecule has 0 spiro atoms. The van der Waals surface area contributed by atoms with Crippen molar-refractivity contribution in [1.29, 1.82) is 0 Å². The number of carbonyl (C=O) groups is 1. The maximum atomic E-state index is 12.6. The van der Waals surface area contributed by atoms with E-state index in [0.717, 1.165) is 37.3 Å². The van der Waals surface area contributed by atoms with Crippen LogP contribution in [0.3, 0.4) is 0 Å². The SMILES string of the molecule is COc1ccc(Cl)cc1Nc1cncc(C(=O)N2CCCCC2)c1. The monoisotopic (exact) mass is 345 g/mol. The summed E-state index contributed by atoms with van der Waals surface area (Å²) in [5, 5.41) is 3.82. The van der Waals surface area contributed by atoms with Gasteiger partial charge >= 0.3 is 0 Å². The molecule has 126 valence electrons. The molecule has 6 heteroatoms. The number of aromatic nitrogens is 1. The lowest BCUT2D eigenvalue weighted by molar-refractivity contribution is 0.0724. The molecular weight excluding hydrogens is 326 g/mol. The molecule has 0 saturated carbocycles. The summed E-state index contributed by atoms with van der Waals surface area (Å²) in [7, 11) is 1.60. The molecule has 1 aliphatic heterocycles. The van der Waals surface area contributed by atoms with Gasteiger partial charge in [-0.3, -0.25) is 9.78 Å². The van der Waals surface area contributed by atoms with E-state index in [1.807, 2.05) is 11.0 Å². The minimum absolute atomic E-state index is 0.0314. The summed E-state index contributed by atoms with van der Waals surface area (Å²) in [5.41, 5.74) is 2.04. The Balaban J connectivity index is 1.80. The van der Waals surface area contributed by atoms with Crippen LogP contribution in [0.25, 0.3) is 0 Å². The number of rotatable bonds is 4. The fourth-order valence-corrected chi connectivity index (χ4v) is 3.01. The van der Waals surface area contributed by atoms with Gasteiger partial charge in [-0.2, -0.15) is 0 Å². The highest BCUT2D eigenvalue weighted by atomic mass is 35.5. The smallest absolute Gasteiger partial charge is 0.255 e. The minimum atomic E-state index is 0.0314. The molecule has 1 amide bonds. The number of nitrogens with one attached hydrogen (secondary N) is 1. The predicted octanol–water partition coefficient (Wildman–Crippen LogP) is 4.11. The highest BCUT2D eigenvalue weighted by Crippen LogP contribution is 2.30. The summed E-state index contributed by atoms with van der Waals surface area (Å²) in [6.07, 6.45) is 6.61. The third-order valence-electron chi connectivity index (χ3n) is 4.07. The van der Waals surface area contributed by atoms with Crippen molar-refractivity contribution < 1.29 is 9.53 Å². The second-order valence-corrected chi connectivity index (χ2v) is 6.22. The molecular formula is C18H20ClN3O2. The molecule has 1 N–H and O–H groups in total. The van der Waals surface area contributed by atoms with E-state index in [9.17, 15) is 4.79 Å². The molecule has 24 heavy (non-hydrogen) atoms. The topological polar surface area (TPSA) is 54.5 Å². The van der Waals surface area contributed by atoms with E-state index < -0.39 is 0 Å². The molecule has 1 fully saturated rings. The van der Waals surface area contributed by atoms with Crippen LogP contribution in [0, 0.1) is 0 Å². The van der Waals surface area contributed by atoms with E-state index in [-0.39, 0.29) is 5.91 Å². The summed E-state index contributed by atoms with van der Waals surface area (Å²) >= 11 is 6.05. The fourth-order valence-electron chi connectivity index (χ4n) is 2.84. The largest absolute Gasteiger partial charge is 0.495 e. The van der Waals surface area contributed by atoms with Gasteiger partial charge in [-0.15, -0.1) is 0 Å². The molecule has 5 nitrogen and oxygen atoms in total. The second-order valence-electron chi connectivity index (χ2n) is 5.78. The number of ether oxygens (including phenoxy) is 1. The number of anilines is 2. The van der Waals surface area contributed by atoms with Crippen molar-refractivity contribution in [3.05, 3.63) is 47.2 Å². The van der Waals surface area contributed by atoms with E-state index in [4.69, 9.17) is 16.3 Å². The highest BCUT2D eigenvalue weighted by Gasteiger charge is 2.18. The number of likely N-dealkylation sites (tertiary alicyclic amines) is 1. The van der Waals surface area contributed by atoms with Gasteiger partial charge in [-0.05, 0) is 43.5 Å². The normalized spacial score (nSPS) is 14.3. The van der Waals surface area contributed by atoms with Gasteiger partial charge in [0, 0.05) is 24.3 Å². The lowest BCUT2D eigenvalue weighted by Gasteiger charge is -2.26. The Hall–Kier alpha value is -2.27. The van der Waals surface area contributed by atoms with E-state index in [1.165, 1.54) is 6.42 Å². The molecule has 0 bridgehead atoms. The zero-order valence-corrected chi connectivity index (χ0v) is 14.3. The summed E-state index contributed by atoms with van der Waals surface area (Å²) in [5.74, 6) is 0.705. The Labute approximate surface area is 146 Å². The van der Waals surface area contributed by atoms with Crippen LogP contribution in [0.15, 0.2) is 36.7 Å². The quantitative estimate of drug-likeness (QED) is 0.905. The minimum Gasteiger partial charge on any atom is -0.495 e. The van der Waals surface area contributed by atoms with Gasteiger partial charge in [-0.1, -0.05) is 11.6 Å². The molecule has 1 aromatic heterocycles. The van der Waals surface area contributed by atoms with E-state index in [1.54, 1.807) is 37.7 Å². The number of benzene rings is 1. The van der Waals surface area contributed by atoms with Crippen molar-refractivity contribution in [1.82, 2.24) is 9.88 Å². The molecule has 1 saturated heterocycles. The average molecular weight is 346 g/mol. The van der Waals surface area contributed by atoms with E-state index in [2.05, 4.69) is 10.3 Å². The molecule has 1 aliphatic rings. The number of hydrogen-bond donors (Lipinski definition) is 1. The van der Waals surface area contributed by atoms with Gasteiger partial charge in [0.15, 0.2) is 0 Å². The van der Waals surface area contributed by atoms with E-state index in [0.29, 0.717) is 16.3 Å². The number of halogens is 1. The fraction of sp³-hybridized carbons (Fsp3) is 0.333. The third-order valence-corrected chi connectivity index (χ3v) is 4.30. The van der Waals surface area contributed by atoms with Gasteiger partial charge < -0.3 is 15.0 Å². The van der Waals surface area contributed by atoms with Crippen molar-refractivity contribution in [2.45, 2.75) is 19.3 Å². The van der Waals surface area contributed by atoms with Crippen molar-refractivity contribution >= 4 is 28.9 Å². The van der Waals surface area contributed by atoms with Gasteiger partial charge in [0.2, 0.25) is 0 Å². The predicted molar refractivity (Wildman–Crippen MR) is 95.3 cm³/mol. The van der Waals surface area contributed by atoms with Crippen LogP contribution < -0.4 is 10.1 Å². The van der Waals surface area contributed by atoms with Crippen LogP contribution in [0.4, 0.5) is 11.4 Å². The third kappa shape index (κ3) is 3.79. The van der Waals surface area contributed by atoms with Crippen LogP contribution >= 0.6 is 11.6 Å². The first-order chi connectivity index (χ1) is 11.7. The highest BCUT2D eigenvalue weighted by molar-refractivity contribution is 6.31. The first kappa shape index (κ1) is 16.6. The molecule has 3 rings (SSSR count). The van der Waals surface area contributed by atoms with Crippen molar-refractivity contribution in [3.63, 3.8) is 0 Å². The Morgan fingerprint density at radius 1 is 1.21 bits per heavy atom. The van der Waals surface area contributed by atoms with Crippen molar-refractivity contribution in [2.75, 3.05) is 25.5 Å². The Morgan fingerprint density at radius 3 is 2.75 bits per heavy atom. The van der Waals surface area contributed by atoms with Gasteiger partial charge in [0.25, 0.3) is 5.91 Å². The molecule has 0 aliphatic carbocycles. The van der Waals surface area contributed by atoms with Gasteiger partial charge in [-0.25, -0.2) is 0 Å². The van der Waals surface area contributed by atoms with Crippen molar-refractivity contribution in [3.8, 4) is 5.75 Å². The van der Waals surface area contributed by atoms with E-state index >= 15 is 0 Å². The van der Waals surface area contributed by atoms with Crippen LogP contribution in [0.2, 0.25) is 5.02 Å². The second kappa shape index (κ2) is 7.53. The molecule has 0 radical (unpaired) electrons. The maximum Gasteiger partial charge on any atom is 0.255 e. The first-order valence-corrected chi connectivity index (χ1v) is 8.40. The Bertz CT molecular complexity index is 730. The first-order valence-electron chi connectivity index (χ1n) is 8.02. The zero-order valence-electron chi connectivity index (χ0n) is 13.6. The van der Waals surface area contributed by atoms with Crippen molar-refractivity contribution in [2.24, 2.45) is 0 Å². The number of carbonyl (C=O) groups excluding carboxylic acids is 1. The number of hydrogen-bond acceptors (Lipinski definition) is 4. The number of methoxy groups -OCH3 is 1.